The summed E-state index contributed by atoms with van der Waals surface area (Å²) in [5.74, 6) is 0.112. The zero-order valence-corrected chi connectivity index (χ0v) is 4.77. The molecule has 0 unspecified atom stereocenters. The van der Waals surface area contributed by atoms with Crippen LogP contribution in [0.25, 0.3) is 0 Å². The van der Waals surface area contributed by atoms with Gasteiger partial charge in [0.1, 0.15) is 5.78 Å². The van der Waals surface area contributed by atoms with E-state index in [2.05, 4.69) is 10.6 Å². The Morgan fingerprint density at radius 2 is 2.50 bits per heavy atom. The maximum atomic E-state index is 10.2. The molecule has 0 aromatic carbocycles. The molecule has 0 aliphatic rings. The maximum absolute atomic E-state index is 10.2. The number of nitrogens with one attached hydrogen (secondary N) is 2. The lowest BCUT2D eigenvalue weighted by Crippen LogP contribution is -2.09. The van der Waals surface area contributed by atoms with E-state index in [1.165, 1.54) is 6.92 Å². The molecular formula is C4H9N3O. The Morgan fingerprint density at radius 3 is 2.88 bits per heavy atom. The van der Waals surface area contributed by atoms with Crippen LogP contribution in [0.15, 0.2) is 5.22 Å². The smallest absolute Gasteiger partial charge is 0.131 e. The van der Waals surface area contributed by atoms with E-state index >= 15 is 0 Å². The molecule has 0 bridgehead atoms. The second-order valence-electron chi connectivity index (χ2n) is 1.47. The van der Waals surface area contributed by atoms with Crippen LogP contribution in [0.5, 0.6) is 0 Å². The van der Waals surface area contributed by atoms with Crippen molar-refractivity contribution in [1.29, 1.82) is 5.53 Å². The van der Waals surface area contributed by atoms with Crippen molar-refractivity contribution in [3.63, 3.8) is 0 Å². The molecule has 0 atom stereocenters. The van der Waals surface area contributed by atoms with Gasteiger partial charge in [-0.25, -0.2) is 0 Å². The second-order valence-corrected chi connectivity index (χ2v) is 1.47. The third kappa shape index (κ3) is 5.07. The first kappa shape index (κ1) is 7.07. The minimum atomic E-state index is 0.112. The van der Waals surface area contributed by atoms with Crippen molar-refractivity contribution in [1.82, 2.24) is 5.43 Å². The van der Waals surface area contributed by atoms with Gasteiger partial charge in [-0.15, -0.1) is 0 Å². The van der Waals surface area contributed by atoms with Gasteiger partial charge in [0.2, 0.25) is 0 Å². The van der Waals surface area contributed by atoms with Gasteiger partial charge in [0.05, 0.1) is 0 Å². The molecule has 4 heteroatoms. The largest absolute Gasteiger partial charge is 0.300 e. The topological polar surface area (TPSA) is 65.3 Å². The highest BCUT2D eigenvalue weighted by molar-refractivity contribution is 5.75. The number of Topliss-reactive ketones (excluding diaryl/α,β-unsaturated/α-hetero) is 1. The van der Waals surface area contributed by atoms with Crippen LogP contribution < -0.4 is 5.43 Å². The Hall–Kier alpha value is -0.930. The summed E-state index contributed by atoms with van der Waals surface area (Å²) in [7, 11) is 0. The van der Waals surface area contributed by atoms with E-state index in [9.17, 15) is 4.79 Å². The summed E-state index contributed by atoms with van der Waals surface area (Å²) < 4.78 is 0. The van der Waals surface area contributed by atoms with Gasteiger partial charge in [0, 0.05) is 13.0 Å². The number of carbonyl (C=O) groups is 1. The van der Waals surface area contributed by atoms with Crippen LogP contribution in [0.1, 0.15) is 13.3 Å². The number of carbonyl (C=O) groups excluding carboxylic acids is 1. The number of rotatable bonds is 4. The molecule has 0 rings (SSSR count). The Labute approximate surface area is 47.8 Å². The Balaban J connectivity index is 2.93. The molecule has 0 spiro atoms. The third-order valence-electron chi connectivity index (χ3n) is 0.668. The molecule has 2 N–H and O–H groups in total. The van der Waals surface area contributed by atoms with Crippen LogP contribution >= 0.6 is 0 Å². The highest BCUT2D eigenvalue weighted by atomic mass is 16.1. The minimum Gasteiger partial charge on any atom is -0.300 e. The Bertz CT molecular complexity index is 91.3. The lowest BCUT2D eigenvalue weighted by atomic mass is 10.3. The molecule has 0 aliphatic carbocycles. The number of ketones is 1. The van der Waals surface area contributed by atoms with Gasteiger partial charge < -0.3 is 0 Å². The monoisotopic (exact) mass is 115 g/mol. The Kier molecular flexibility index (Phi) is 3.74. The number of hydrogen-bond donors (Lipinski definition) is 2. The second kappa shape index (κ2) is 4.23. The van der Waals surface area contributed by atoms with Crippen molar-refractivity contribution < 1.29 is 4.79 Å². The molecule has 4 nitrogen and oxygen atoms in total. The molecule has 8 heavy (non-hydrogen) atoms. The summed E-state index contributed by atoms with van der Waals surface area (Å²) in [4.78, 5) is 10.2. The number of nitrogens with zero attached hydrogens (tertiary/aromatic N) is 1. The van der Waals surface area contributed by atoms with Crippen molar-refractivity contribution in [2.24, 2.45) is 5.22 Å². The van der Waals surface area contributed by atoms with Gasteiger partial charge in [-0.1, -0.05) is 5.22 Å². The molecule has 0 saturated heterocycles. The van der Waals surface area contributed by atoms with E-state index in [1.807, 2.05) is 0 Å². The van der Waals surface area contributed by atoms with E-state index in [4.69, 9.17) is 5.53 Å². The highest BCUT2D eigenvalue weighted by Crippen LogP contribution is 1.76. The lowest BCUT2D eigenvalue weighted by Gasteiger charge is -1.91. The summed E-state index contributed by atoms with van der Waals surface area (Å²) in [5, 5.41) is 2.86. The first-order chi connectivity index (χ1) is 3.77. The van der Waals surface area contributed by atoms with E-state index in [1.54, 1.807) is 0 Å². The molecular weight excluding hydrogens is 106 g/mol. The fraction of sp³-hybridized carbons (Fsp3) is 0.750. The molecule has 0 radical (unpaired) electrons. The first-order valence-electron chi connectivity index (χ1n) is 2.36. The van der Waals surface area contributed by atoms with Crippen LogP contribution in [0, 0.1) is 5.53 Å². The predicted molar refractivity (Wildman–Crippen MR) is 28.4 cm³/mol. The molecule has 0 fully saturated rings. The van der Waals surface area contributed by atoms with E-state index in [-0.39, 0.29) is 5.78 Å². The van der Waals surface area contributed by atoms with Crippen LogP contribution in [0.2, 0.25) is 0 Å². The average molecular weight is 115 g/mol. The van der Waals surface area contributed by atoms with Crippen molar-refractivity contribution in [3.05, 3.63) is 0 Å². The fourth-order valence-electron chi connectivity index (χ4n) is 0.288. The summed E-state index contributed by atoms with van der Waals surface area (Å²) in [6.45, 7) is 1.98. The van der Waals surface area contributed by atoms with Gasteiger partial charge in [0.25, 0.3) is 0 Å². The van der Waals surface area contributed by atoms with Crippen molar-refractivity contribution in [2.45, 2.75) is 13.3 Å². The maximum Gasteiger partial charge on any atom is 0.131 e. The fourth-order valence-corrected chi connectivity index (χ4v) is 0.288. The lowest BCUT2D eigenvalue weighted by molar-refractivity contribution is -0.116. The van der Waals surface area contributed by atoms with Crippen molar-refractivity contribution in [3.8, 4) is 0 Å². The molecule has 0 aromatic heterocycles. The zero-order chi connectivity index (χ0) is 6.41. The first-order valence-corrected chi connectivity index (χ1v) is 2.36. The normalized spacial score (nSPS) is 8.12. The van der Waals surface area contributed by atoms with Gasteiger partial charge >= 0.3 is 0 Å². The molecule has 0 amide bonds. The zero-order valence-electron chi connectivity index (χ0n) is 4.77. The standard InChI is InChI=1S/C4H9N3O/c1-4(8)2-3-6-7-5/h2-3H2,1H3,(H2,5,6). The van der Waals surface area contributed by atoms with E-state index < -0.39 is 0 Å². The van der Waals surface area contributed by atoms with Gasteiger partial charge in [-0.3, -0.25) is 10.2 Å². The third-order valence-corrected chi connectivity index (χ3v) is 0.668. The van der Waals surface area contributed by atoms with Gasteiger partial charge in [0.15, 0.2) is 0 Å². The van der Waals surface area contributed by atoms with E-state index in [0.29, 0.717) is 13.0 Å². The molecule has 0 aromatic rings. The summed E-state index contributed by atoms with van der Waals surface area (Å²) in [6.07, 6.45) is 0.447. The molecule has 0 heterocycles. The quantitative estimate of drug-likeness (QED) is 0.318. The number of hydrogen-bond acceptors (Lipinski definition) is 3. The molecule has 46 valence electrons. The van der Waals surface area contributed by atoms with E-state index in [0.717, 1.165) is 0 Å². The summed E-state index contributed by atoms with van der Waals surface area (Å²) >= 11 is 0. The van der Waals surface area contributed by atoms with Crippen LogP contribution in [0.4, 0.5) is 0 Å². The minimum absolute atomic E-state index is 0.112. The average Bonchev–Trinajstić information content (AvgIpc) is 1.66. The van der Waals surface area contributed by atoms with Crippen molar-refractivity contribution >= 4 is 5.78 Å². The Morgan fingerprint density at radius 1 is 1.88 bits per heavy atom. The predicted octanol–water partition coefficient (Wildman–Crippen LogP) is 0.501. The van der Waals surface area contributed by atoms with Gasteiger partial charge in [-0.05, 0) is 6.92 Å². The SMILES string of the molecule is CC(=O)CCNN=N. The van der Waals surface area contributed by atoms with Crippen molar-refractivity contribution in [2.75, 3.05) is 6.54 Å². The summed E-state index contributed by atoms with van der Waals surface area (Å²) in [6, 6.07) is 0. The van der Waals surface area contributed by atoms with Gasteiger partial charge in [-0.2, -0.15) is 5.53 Å². The molecule has 0 saturated carbocycles. The highest BCUT2D eigenvalue weighted by Gasteiger charge is 1.88. The van der Waals surface area contributed by atoms with Crippen LogP contribution in [-0.4, -0.2) is 12.3 Å². The van der Waals surface area contributed by atoms with Crippen LogP contribution in [0.3, 0.4) is 0 Å². The molecule has 0 aliphatic heterocycles. The summed E-state index contributed by atoms with van der Waals surface area (Å²) in [5.41, 5.74) is 8.60. The van der Waals surface area contributed by atoms with Crippen LogP contribution in [-0.2, 0) is 4.79 Å².